The van der Waals surface area contributed by atoms with Crippen molar-refractivity contribution in [1.82, 2.24) is 9.88 Å². The SMILES string of the molecule is Cc1cccnc1N1C=CN(C)C1C. The molecule has 1 aromatic rings. The highest BCUT2D eigenvalue weighted by Crippen LogP contribution is 2.23. The molecule has 1 atom stereocenters. The molecule has 1 aliphatic heterocycles. The second-order valence-corrected chi connectivity index (χ2v) is 3.65. The predicted octanol–water partition coefficient (Wildman–Crippen LogP) is 1.96. The van der Waals surface area contributed by atoms with E-state index in [-0.39, 0.29) is 0 Å². The topological polar surface area (TPSA) is 19.4 Å². The van der Waals surface area contributed by atoms with E-state index in [1.54, 1.807) is 0 Å². The number of rotatable bonds is 1. The van der Waals surface area contributed by atoms with Crippen molar-refractivity contribution in [3.8, 4) is 0 Å². The van der Waals surface area contributed by atoms with Crippen LogP contribution in [0, 0.1) is 6.92 Å². The van der Waals surface area contributed by atoms with Crippen molar-refractivity contribution in [2.45, 2.75) is 20.0 Å². The van der Waals surface area contributed by atoms with Gasteiger partial charge in [0.2, 0.25) is 0 Å². The van der Waals surface area contributed by atoms with Crippen molar-refractivity contribution in [3.05, 3.63) is 36.3 Å². The Labute approximate surface area is 84.7 Å². The van der Waals surface area contributed by atoms with Crippen LogP contribution in [-0.2, 0) is 0 Å². The fraction of sp³-hybridized carbons (Fsp3) is 0.364. The van der Waals surface area contributed by atoms with Crippen LogP contribution in [0.25, 0.3) is 0 Å². The minimum absolute atomic E-state index is 0.351. The molecule has 0 N–H and O–H groups in total. The minimum Gasteiger partial charge on any atom is -0.359 e. The highest BCUT2D eigenvalue weighted by atomic mass is 15.4. The van der Waals surface area contributed by atoms with Crippen LogP contribution in [0.4, 0.5) is 5.82 Å². The summed E-state index contributed by atoms with van der Waals surface area (Å²) in [4.78, 5) is 8.73. The number of anilines is 1. The maximum atomic E-state index is 4.39. The van der Waals surface area contributed by atoms with Gasteiger partial charge in [-0.2, -0.15) is 0 Å². The third kappa shape index (κ3) is 1.35. The van der Waals surface area contributed by atoms with Gasteiger partial charge in [0.25, 0.3) is 0 Å². The fourth-order valence-corrected chi connectivity index (χ4v) is 1.62. The molecule has 1 unspecified atom stereocenters. The monoisotopic (exact) mass is 189 g/mol. The van der Waals surface area contributed by atoms with E-state index in [2.05, 4.69) is 54.1 Å². The summed E-state index contributed by atoms with van der Waals surface area (Å²) in [6.07, 6.45) is 6.32. The molecule has 74 valence electrons. The van der Waals surface area contributed by atoms with Gasteiger partial charge in [0, 0.05) is 25.6 Å². The van der Waals surface area contributed by atoms with Gasteiger partial charge in [-0.25, -0.2) is 4.98 Å². The van der Waals surface area contributed by atoms with Crippen molar-refractivity contribution >= 4 is 5.82 Å². The van der Waals surface area contributed by atoms with Crippen molar-refractivity contribution < 1.29 is 0 Å². The van der Waals surface area contributed by atoms with Crippen molar-refractivity contribution in [2.75, 3.05) is 11.9 Å². The highest BCUT2D eigenvalue weighted by Gasteiger charge is 2.21. The van der Waals surface area contributed by atoms with E-state index < -0.39 is 0 Å². The molecule has 3 heteroatoms. The quantitative estimate of drug-likeness (QED) is 0.673. The molecule has 0 amide bonds. The number of hydrogen-bond acceptors (Lipinski definition) is 3. The normalized spacial score (nSPS) is 20.6. The van der Waals surface area contributed by atoms with Gasteiger partial charge in [0.15, 0.2) is 0 Å². The number of nitrogens with zero attached hydrogens (tertiary/aromatic N) is 3. The summed E-state index contributed by atoms with van der Waals surface area (Å²) in [5.41, 5.74) is 1.21. The second kappa shape index (κ2) is 3.33. The number of aryl methyl sites for hydroxylation is 1. The predicted molar refractivity (Wildman–Crippen MR) is 57.8 cm³/mol. The molecule has 2 rings (SSSR count). The summed E-state index contributed by atoms with van der Waals surface area (Å²) in [6, 6.07) is 4.05. The van der Waals surface area contributed by atoms with Crippen LogP contribution in [0.5, 0.6) is 0 Å². The molecule has 0 spiro atoms. The smallest absolute Gasteiger partial charge is 0.137 e. The van der Waals surface area contributed by atoms with Gasteiger partial charge >= 0.3 is 0 Å². The van der Waals surface area contributed by atoms with Crippen LogP contribution >= 0.6 is 0 Å². The Morgan fingerprint density at radius 2 is 2.14 bits per heavy atom. The molecular formula is C11H15N3. The lowest BCUT2D eigenvalue weighted by atomic mass is 10.2. The van der Waals surface area contributed by atoms with Crippen LogP contribution in [0.15, 0.2) is 30.7 Å². The summed E-state index contributed by atoms with van der Waals surface area (Å²) in [5, 5.41) is 0. The van der Waals surface area contributed by atoms with E-state index >= 15 is 0 Å². The summed E-state index contributed by atoms with van der Waals surface area (Å²) in [7, 11) is 2.07. The zero-order chi connectivity index (χ0) is 10.1. The lowest BCUT2D eigenvalue weighted by Gasteiger charge is -2.27. The van der Waals surface area contributed by atoms with Crippen molar-refractivity contribution in [2.24, 2.45) is 0 Å². The van der Waals surface area contributed by atoms with Crippen LogP contribution in [0.2, 0.25) is 0 Å². The zero-order valence-electron chi connectivity index (χ0n) is 8.81. The van der Waals surface area contributed by atoms with Crippen LogP contribution < -0.4 is 4.90 Å². The second-order valence-electron chi connectivity index (χ2n) is 3.65. The molecule has 0 bridgehead atoms. The molecule has 3 nitrogen and oxygen atoms in total. The van der Waals surface area contributed by atoms with Crippen molar-refractivity contribution in [1.29, 1.82) is 0 Å². The molecule has 1 aromatic heterocycles. The fourth-order valence-electron chi connectivity index (χ4n) is 1.62. The first-order valence-electron chi connectivity index (χ1n) is 4.80. The van der Waals surface area contributed by atoms with Gasteiger partial charge in [0.1, 0.15) is 12.0 Å². The van der Waals surface area contributed by atoms with Crippen molar-refractivity contribution in [3.63, 3.8) is 0 Å². The summed E-state index contributed by atoms with van der Waals surface area (Å²) in [5.74, 6) is 1.04. The van der Waals surface area contributed by atoms with Gasteiger partial charge in [-0.1, -0.05) is 6.07 Å². The largest absolute Gasteiger partial charge is 0.359 e. The van der Waals surface area contributed by atoms with E-state index in [1.807, 2.05) is 12.3 Å². The first kappa shape index (κ1) is 9.06. The van der Waals surface area contributed by atoms with Crippen LogP contribution in [-0.4, -0.2) is 23.1 Å². The lowest BCUT2D eigenvalue weighted by Crippen LogP contribution is -2.34. The standard InChI is InChI=1S/C11H15N3/c1-9-5-4-6-12-11(9)14-8-7-13(3)10(14)2/h4-8,10H,1-3H3. The summed E-state index contributed by atoms with van der Waals surface area (Å²) < 4.78 is 0. The Morgan fingerprint density at radius 1 is 1.36 bits per heavy atom. The van der Waals surface area contributed by atoms with E-state index in [0.29, 0.717) is 6.17 Å². The molecule has 2 heterocycles. The molecule has 0 aliphatic carbocycles. The minimum atomic E-state index is 0.351. The van der Waals surface area contributed by atoms with E-state index in [4.69, 9.17) is 0 Å². The average Bonchev–Trinajstić information content (AvgIpc) is 2.49. The molecule has 0 aromatic carbocycles. The highest BCUT2D eigenvalue weighted by molar-refractivity contribution is 5.50. The summed E-state index contributed by atoms with van der Waals surface area (Å²) in [6.45, 7) is 4.25. The first-order chi connectivity index (χ1) is 6.70. The number of hydrogen-bond donors (Lipinski definition) is 0. The molecule has 0 radical (unpaired) electrons. The van der Waals surface area contributed by atoms with Gasteiger partial charge in [0.05, 0.1) is 0 Å². The Kier molecular flexibility index (Phi) is 2.15. The Morgan fingerprint density at radius 3 is 2.71 bits per heavy atom. The lowest BCUT2D eigenvalue weighted by molar-refractivity contribution is 0.381. The Hall–Kier alpha value is -1.51. The molecule has 0 saturated heterocycles. The molecule has 14 heavy (non-hydrogen) atoms. The maximum absolute atomic E-state index is 4.39. The van der Waals surface area contributed by atoms with E-state index in [1.165, 1.54) is 5.56 Å². The van der Waals surface area contributed by atoms with Crippen LogP contribution in [0.3, 0.4) is 0 Å². The third-order valence-electron chi connectivity index (χ3n) is 2.68. The average molecular weight is 189 g/mol. The van der Waals surface area contributed by atoms with Crippen LogP contribution in [0.1, 0.15) is 12.5 Å². The van der Waals surface area contributed by atoms with E-state index in [9.17, 15) is 0 Å². The Balaban J connectivity index is 2.33. The van der Waals surface area contributed by atoms with E-state index in [0.717, 1.165) is 5.82 Å². The van der Waals surface area contributed by atoms with Gasteiger partial charge in [-0.15, -0.1) is 0 Å². The first-order valence-corrected chi connectivity index (χ1v) is 4.80. The van der Waals surface area contributed by atoms with Gasteiger partial charge < -0.3 is 9.80 Å². The Bertz CT molecular complexity index is 359. The number of aromatic nitrogens is 1. The molecular weight excluding hydrogens is 174 g/mol. The van der Waals surface area contributed by atoms with Gasteiger partial charge in [-0.3, -0.25) is 0 Å². The molecule has 0 saturated carbocycles. The number of pyridine rings is 1. The maximum Gasteiger partial charge on any atom is 0.137 e. The zero-order valence-corrected chi connectivity index (χ0v) is 8.81. The summed E-state index contributed by atoms with van der Waals surface area (Å²) >= 11 is 0. The molecule has 0 fully saturated rings. The third-order valence-corrected chi connectivity index (χ3v) is 2.68. The molecule has 1 aliphatic rings. The van der Waals surface area contributed by atoms with Gasteiger partial charge in [-0.05, 0) is 25.5 Å².